The van der Waals surface area contributed by atoms with Crippen molar-refractivity contribution < 1.29 is 22.7 Å². The minimum Gasteiger partial charge on any atom is -0.493 e. The fourth-order valence-electron chi connectivity index (χ4n) is 3.50. The fraction of sp³-hybridized carbons (Fsp3) is 0.350. The number of amides is 1. The first kappa shape index (κ1) is 20.2. The van der Waals surface area contributed by atoms with Gasteiger partial charge in [-0.25, -0.2) is 8.42 Å². The van der Waals surface area contributed by atoms with Gasteiger partial charge in [0.15, 0.2) is 0 Å². The molecule has 4 rings (SSSR count). The summed E-state index contributed by atoms with van der Waals surface area (Å²) in [5, 5.41) is 3.16. The van der Waals surface area contributed by atoms with Crippen molar-refractivity contribution in [3.8, 4) is 5.75 Å². The van der Waals surface area contributed by atoms with Gasteiger partial charge < -0.3 is 14.8 Å². The number of hydrogen-bond acceptors (Lipinski definition) is 5. The summed E-state index contributed by atoms with van der Waals surface area (Å²) in [6.45, 7) is 1.75. The van der Waals surface area contributed by atoms with Crippen molar-refractivity contribution in [3.05, 3.63) is 58.6 Å². The number of nitrogens with zero attached hydrogens (tertiary/aromatic N) is 1. The average Bonchev–Trinajstić information content (AvgIpc) is 2.75. The van der Waals surface area contributed by atoms with Crippen LogP contribution in [0.5, 0.6) is 5.75 Å². The number of carbonyl (C=O) groups is 1. The monoisotopic (exact) mass is 436 g/mol. The molecule has 7 nitrogen and oxygen atoms in total. The highest BCUT2D eigenvalue weighted by Crippen LogP contribution is 2.32. The van der Waals surface area contributed by atoms with Gasteiger partial charge in [0.05, 0.1) is 41.3 Å². The SMILES string of the molecule is O=C(N[C@@H]1CCOc2ccccc21)c1cc(S(=O)(=O)N2CCOCC2)ccc1Cl. The number of ether oxygens (including phenoxy) is 2. The summed E-state index contributed by atoms with van der Waals surface area (Å²) >= 11 is 6.23. The van der Waals surface area contributed by atoms with E-state index in [0.29, 0.717) is 26.2 Å². The van der Waals surface area contributed by atoms with Crippen LogP contribution in [0.4, 0.5) is 0 Å². The van der Waals surface area contributed by atoms with E-state index in [1.54, 1.807) is 0 Å². The van der Waals surface area contributed by atoms with E-state index in [2.05, 4.69) is 5.32 Å². The predicted molar refractivity (Wildman–Crippen MR) is 108 cm³/mol. The van der Waals surface area contributed by atoms with E-state index >= 15 is 0 Å². The lowest BCUT2D eigenvalue weighted by Gasteiger charge is -2.27. The maximum Gasteiger partial charge on any atom is 0.253 e. The number of benzene rings is 2. The van der Waals surface area contributed by atoms with E-state index in [1.807, 2.05) is 24.3 Å². The first-order valence-electron chi connectivity index (χ1n) is 9.37. The van der Waals surface area contributed by atoms with Crippen molar-refractivity contribution in [1.29, 1.82) is 0 Å². The molecule has 2 heterocycles. The van der Waals surface area contributed by atoms with Crippen LogP contribution in [0.15, 0.2) is 47.4 Å². The third-order valence-corrected chi connectivity index (χ3v) is 7.28. The van der Waals surface area contributed by atoms with Crippen LogP contribution < -0.4 is 10.1 Å². The third kappa shape index (κ3) is 4.11. The van der Waals surface area contributed by atoms with E-state index < -0.39 is 15.9 Å². The zero-order valence-electron chi connectivity index (χ0n) is 15.6. The Bertz CT molecular complexity index is 1020. The topological polar surface area (TPSA) is 84.9 Å². The molecule has 1 N–H and O–H groups in total. The Morgan fingerprint density at radius 1 is 1.10 bits per heavy atom. The summed E-state index contributed by atoms with van der Waals surface area (Å²) < 4.78 is 38.0. The van der Waals surface area contributed by atoms with Gasteiger partial charge in [-0.1, -0.05) is 29.8 Å². The summed E-state index contributed by atoms with van der Waals surface area (Å²) in [6, 6.07) is 11.5. The molecule has 1 fully saturated rings. The number of hydrogen-bond donors (Lipinski definition) is 1. The number of carbonyl (C=O) groups excluding carboxylic acids is 1. The molecule has 2 aliphatic heterocycles. The Balaban J connectivity index is 1.59. The van der Waals surface area contributed by atoms with Gasteiger partial charge in [-0.05, 0) is 24.3 Å². The molecule has 0 spiro atoms. The van der Waals surface area contributed by atoms with Crippen molar-refractivity contribution >= 4 is 27.5 Å². The van der Waals surface area contributed by atoms with Gasteiger partial charge in [0.25, 0.3) is 5.91 Å². The molecule has 2 aromatic rings. The zero-order valence-corrected chi connectivity index (χ0v) is 17.2. The number of sulfonamides is 1. The molecule has 0 aliphatic carbocycles. The lowest BCUT2D eigenvalue weighted by molar-refractivity contribution is 0.0730. The molecule has 0 bridgehead atoms. The second-order valence-corrected chi connectivity index (χ2v) is 9.20. The van der Waals surface area contributed by atoms with Crippen LogP contribution in [-0.4, -0.2) is 51.5 Å². The average molecular weight is 437 g/mol. The molecule has 1 atom stereocenters. The second kappa shape index (κ2) is 8.31. The molecule has 1 saturated heterocycles. The quantitative estimate of drug-likeness (QED) is 0.796. The Labute approximate surface area is 174 Å². The number of morpholine rings is 1. The Morgan fingerprint density at radius 2 is 1.86 bits per heavy atom. The molecule has 0 saturated carbocycles. The van der Waals surface area contributed by atoms with E-state index in [-0.39, 0.29) is 34.6 Å². The van der Waals surface area contributed by atoms with Gasteiger partial charge in [-0.15, -0.1) is 0 Å². The molecule has 2 aromatic carbocycles. The number of para-hydroxylation sites is 1. The molecule has 9 heteroatoms. The van der Waals surface area contributed by atoms with Gasteiger partial charge in [-0.2, -0.15) is 4.31 Å². The van der Waals surface area contributed by atoms with Crippen LogP contribution in [0.2, 0.25) is 5.02 Å². The second-order valence-electron chi connectivity index (χ2n) is 6.86. The molecule has 154 valence electrons. The lowest BCUT2D eigenvalue weighted by atomic mass is 10.00. The Morgan fingerprint density at radius 3 is 2.66 bits per heavy atom. The van der Waals surface area contributed by atoms with Crippen molar-refractivity contribution in [2.24, 2.45) is 0 Å². The first-order chi connectivity index (χ1) is 14.0. The number of nitrogens with one attached hydrogen (secondary N) is 1. The summed E-state index contributed by atoms with van der Waals surface area (Å²) in [7, 11) is -3.72. The van der Waals surface area contributed by atoms with Crippen molar-refractivity contribution in [1.82, 2.24) is 9.62 Å². The normalized spacial score (nSPS) is 19.8. The van der Waals surface area contributed by atoms with Crippen LogP contribution >= 0.6 is 11.6 Å². The Kier molecular flexibility index (Phi) is 5.78. The fourth-order valence-corrected chi connectivity index (χ4v) is 5.14. The standard InChI is InChI=1S/C20H21ClN2O5S/c21-17-6-5-14(29(25,26)23-8-11-27-12-9-23)13-16(17)20(24)22-18-7-10-28-19-4-2-1-3-15(18)19/h1-6,13,18H,7-12H2,(H,22,24)/t18-/m1/s1. The highest BCUT2D eigenvalue weighted by atomic mass is 35.5. The van der Waals surface area contributed by atoms with Gasteiger partial charge in [0.1, 0.15) is 5.75 Å². The summed E-state index contributed by atoms with van der Waals surface area (Å²) in [5.41, 5.74) is 1.02. The van der Waals surface area contributed by atoms with Gasteiger partial charge in [0, 0.05) is 25.1 Å². The maximum absolute atomic E-state index is 12.9. The number of halogens is 1. The van der Waals surface area contributed by atoms with Crippen molar-refractivity contribution in [2.75, 3.05) is 32.9 Å². The molecule has 0 unspecified atom stereocenters. The van der Waals surface area contributed by atoms with E-state index in [1.165, 1.54) is 22.5 Å². The van der Waals surface area contributed by atoms with Crippen molar-refractivity contribution in [3.63, 3.8) is 0 Å². The Hall–Kier alpha value is -2.13. The minimum absolute atomic E-state index is 0.0429. The molecule has 1 amide bonds. The largest absolute Gasteiger partial charge is 0.493 e. The molecular formula is C20H21ClN2O5S. The molecule has 29 heavy (non-hydrogen) atoms. The van der Waals surface area contributed by atoms with E-state index in [4.69, 9.17) is 21.1 Å². The van der Waals surface area contributed by atoms with Crippen LogP contribution in [-0.2, 0) is 14.8 Å². The van der Waals surface area contributed by atoms with Crippen molar-refractivity contribution in [2.45, 2.75) is 17.4 Å². The van der Waals surface area contributed by atoms with Gasteiger partial charge >= 0.3 is 0 Å². The third-order valence-electron chi connectivity index (χ3n) is 5.05. The van der Waals surface area contributed by atoms with Gasteiger partial charge in [-0.3, -0.25) is 4.79 Å². The summed E-state index contributed by atoms with van der Waals surface area (Å²) in [5.74, 6) is 0.314. The highest BCUT2D eigenvalue weighted by Gasteiger charge is 2.29. The lowest BCUT2D eigenvalue weighted by Crippen LogP contribution is -2.40. The predicted octanol–water partition coefficient (Wildman–Crippen LogP) is 2.61. The summed E-state index contributed by atoms with van der Waals surface area (Å²) in [6.07, 6.45) is 0.617. The highest BCUT2D eigenvalue weighted by molar-refractivity contribution is 7.89. The van der Waals surface area contributed by atoms with Crippen LogP contribution in [0.1, 0.15) is 28.4 Å². The smallest absolute Gasteiger partial charge is 0.253 e. The summed E-state index contributed by atoms with van der Waals surface area (Å²) in [4.78, 5) is 13.0. The van der Waals surface area contributed by atoms with E-state index in [0.717, 1.165) is 11.3 Å². The zero-order chi connectivity index (χ0) is 20.4. The number of fused-ring (bicyclic) bond motifs is 1. The molecule has 0 aromatic heterocycles. The minimum atomic E-state index is -3.72. The van der Waals surface area contributed by atoms with Crippen LogP contribution in [0, 0.1) is 0 Å². The number of rotatable bonds is 4. The van der Waals surface area contributed by atoms with Crippen LogP contribution in [0.3, 0.4) is 0 Å². The molecule has 2 aliphatic rings. The van der Waals surface area contributed by atoms with Crippen LogP contribution in [0.25, 0.3) is 0 Å². The van der Waals surface area contributed by atoms with E-state index in [9.17, 15) is 13.2 Å². The molecule has 0 radical (unpaired) electrons. The maximum atomic E-state index is 12.9. The molecular weight excluding hydrogens is 416 g/mol. The van der Waals surface area contributed by atoms with Gasteiger partial charge in [0.2, 0.25) is 10.0 Å². The first-order valence-corrected chi connectivity index (χ1v) is 11.2.